The van der Waals surface area contributed by atoms with E-state index in [0.717, 1.165) is 36.3 Å². The predicted octanol–water partition coefficient (Wildman–Crippen LogP) is 2.30. The van der Waals surface area contributed by atoms with E-state index in [2.05, 4.69) is 16.9 Å². The van der Waals surface area contributed by atoms with E-state index in [9.17, 15) is 4.79 Å². The molecule has 0 spiro atoms. The van der Waals surface area contributed by atoms with Gasteiger partial charge in [-0.2, -0.15) is 0 Å². The lowest BCUT2D eigenvalue weighted by Gasteiger charge is -2.05. The quantitative estimate of drug-likeness (QED) is 0.821. The molecule has 0 saturated heterocycles. The monoisotopic (exact) mass is 206 g/mol. The van der Waals surface area contributed by atoms with E-state index in [-0.39, 0.29) is 5.56 Å². The highest BCUT2D eigenvalue weighted by atomic mass is 16.1. The molecule has 2 rings (SSSR count). The van der Waals surface area contributed by atoms with Gasteiger partial charge in [-0.1, -0.05) is 13.3 Å². The van der Waals surface area contributed by atoms with Crippen LogP contribution in [0, 0.1) is 6.92 Å². The third-order valence-electron chi connectivity index (χ3n) is 2.98. The second-order valence-corrected chi connectivity index (χ2v) is 4.39. The largest absolute Gasteiger partial charge is 0.310 e. The second-order valence-electron chi connectivity index (χ2n) is 4.39. The summed E-state index contributed by atoms with van der Waals surface area (Å²) in [5.74, 6) is 1.43. The standard InChI is InChI=1S/C12H18N2O/c1-3-4-5-10-8(2)13-11(9-6-7-9)14-12(10)15/h9H,3-7H2,1-2H3,(H,13,14,15). The van der Waals surface area contributed by atoms with Gasteiger partial charge in [0.25, 0.3) is 5.56 Å². The number of hydrogen-bond donors (Lipinski definition) is 1. The Kier molecular flexibility index (Phi) is 2.89. The van der Waals surface area contributed by atoms with E-state index in [1.165, 1.54) is 12.8 Å². The van der Waals surface area contributed by atoms with Gasteiger partial charge in [0.15, 0.2) is 0 Å². The summed E-state index contributed by atoms with van der Waals surface area (Å²) in [7, 11) is 0. The van der Waals surface area contributed by atoms with Gasteiger partial charge in [0.2, 0.25) is 0 Å². The highest BCUT2D eigenvalue weighted by Crippen LogP contribution is 2.37. The van der Waals surface area contributed by atoms with Crippen molar-refractivity contribution in [2.45, 2.75) is 51.9 Å². The van der Waals surface area contributed by atoms with Crippen molar-refractivity contribution in [2.75, 3.05) is 0 Å². The van der Waals surface area contributed by atoms with Crippen LogP contribution in [0.1, 0.15) is 55.6 Å². The van der Waals surface area contributed by atoms with Crippen molar-refractivity contribution in [1.82, 2.24) is 9.97 Å². The summed E-state index contributed by atoms with van der Waals surface area (Å²) < 4.78 is 0. The number of nitrogens with one attached hydrogen (secondary N) is 1. The molecule has 1 aliphatic rings. The molecule has 0 atom stereocenters. The summed E-state index contributed by atoms with van der Waals surface area (Å²) >= 11 is 0. The Morgan fingerprint density at radius 2 is 2.20 bits per heavy atom. The third kappa shape index (κ3) is 2.28. The van der Waals surface area contributed by atoms with E-state index in [4.69, 9.17) is 0 Å². The first-order chi connectivity index (χ1) is 7.22. The Balaban J connectivity index is 2.27. The average Bonchev–Trinajstić information content (AvgIpc) is 2.99. The molecule has 1 aromatic rings. The molecule has 0 unspecified atom stereocenters. The van der Waals surface area contributed by atoms with E-state index in [1.54, 1.807) is 0 Å². The van der Waals surface area contributed by atoms with E-state index < -0.39 is 0 Å². The van der Waals surface area contributed by atoms with Gasteiger partial charge < -0.3 is 4.98 Å². The van der Waals surface area contributed by atoms with Gasteiger partial charge in [0.05, 0.1) is 0 Å². The molecule has 1 fully saturated rings. The summed E-state index contributed by atoms with van der Waals surface area (Å²) in [6.07, 6.45) is 5.39. The Hall–Kier alpha value is -1.12. The van der Waals surface area contributed by atoms with E-state index >= 15 is 0 Å². The lowest BCUT2D eigenvalue weighted by Crippen LogP contribution is -2.18. The zero-order valence-electron chi connectivity index (χ0n) is 9.47. The first kappa shape index (κ1) is 10.4. The molecule has 1 aliphatic carbocycles. The molecule has 1 saturated carbocycles. The maximum absolute atomic E-state index is 11.8. The van der Waals surface area contributed by atoms with Crippen LogP contribution in [0.5, 0.6) is 0 Å². The van der Waals surface area contributed by atoms with E-state index in [0.29, 0.717) is 5.92 Å². The number of hydrogen-bond acceptors (Lipinski definition) is 2. The highest BCUT2D eigenvalue weighted by Gasteiger charge is 2.26. The van der Waals surface area contributed by atoms with Gasteiger partial charge in [-0.05, 0) is 32.6 Å². The number of aromatic amines is 1. The van der Waals surface area contributed by atoms with Crippen LogP contribution in [0.15, 0.2) is 4.79 Å². The van der Waals surface area contributed by atoms with Crippen molar-refractivity contribution in [3.63, 3.8) is 0 Å². The first-order valence-electron chi connectivity index (χ1n) is 5.82. The van der Waals surface area contributed by atoms with Gasteiger partial charge >= 0.3 is 0 Å². The van der Waals surface area contributed by atoms with Crippen LogP contribution in [-0.2, 0) is 6.42 Å². The molecule has 15 heavy (non-hydrogen) atoms. The second kappa shape index (κ2) is 4.17. The molecular formula is C12H18N2O. The normalized spacial score (nSPS) is 15.6. The lowest BCUT2D eigenvalue weighted by atomic mass is 10.1. The molecule has 1 N–H and O–H groups in total. The van der Waals surface area contributed by atoms with Crippen LogP contribution in [0.3, 0.4) is 0 Å². The van der Waals surface area contributed by atoms with Crippen LogP contribution in [0.2, 0.25) is 0 Å². The number of aryl methyl sites for hydroxylation is 1. The van der Waals surface area contributed by atoms with Crippen LogP contribution < -0.4 is 5.56 Å². The minimum Gasteiger partial charge on any atom is -0.310 e. The van der Waals surface area contributed by atoms with Crippen molar-refractivity contribution in [2.24, 2.45) is 0 Å². The molecular weight excluding hydrogens is 188 g/mol. The Morgan fingerprint density at radius 1 is 1.47 bits per heavy atom. The topological polar surface area (TPSA) is 45.8 Å². The van der Waals surface area contributed by atoms with Crippen LogP contribution in [-0.4, -0.2) is 9.97 Å². The van der Waals surface area contributed by atoms with Crippen molar-refractivity contribution >= 4 is 0 Å². The lowest BCUT2D eigenvalue weighted by molar-refractivity contribution is 0.761. The summed E-state index contributed by atoms with van der Waals surface area (Å²) in [6.45, 7) is 4.08. The SMILES string of the molecule is CCCCc1c(C)nc(C2CC2)[nH]c1=O. The highest BCUT2D eigenvalue weighted by molar-refractivity contribution is 5.19. The number of aromatic nitrogens is 2. The molecule has 1 aromatic heterocycles. The summed E-state index contributed by atoms with van der Waals surface area (Å²) in [6, 6.07) is 0. The Bertz CT molecular complexity index is 405. The van der Waals surface area contributed by atoms with Crippen LogP contribution >= 0.6 is 0 Å². The molecule has 0 aliphatic heterocycles. The number of rotatable bonds is 4. The van der Waals surface area contributed by atoms with Crippen molar-refractivity contribution in [1.29, 1.82) is 0 Å². The van der Waals surface area contributed by atoms with Crippen molar-refractivity contribution in [3.8, 4) is 0 Å². The fraction of sp³-hybridized carbons (Fsp3) is 0.667. The molecule has 82 valence electrons. The summed E-state index contributed by atoms with van der Waals surface area (Å²) in [4.78, 5) is 19.2. The van der Waals surface area contributed by atoms with Gasteiger partial charge in [-0.15, -0.1) is 0 Å². The molecule has 0 aromatic carbocycles. The number of H-pyrrole nitrogens is 1. The Labute approximate surface area is 89.9 Å². The minimum atomic E-state index is 0.0813. The predicted molar refractivity (Wildman–Crippen MR) is 60.2 cm³/mol. The first-order valence-corrected chi connectivity index (χ1v) is 5.82. The average molecular weight is 206 g/mol. The van der Waals surface area contributed by atoms with Crippen molar-refractivity contribution in [3.05, 3.63) is 27.4 Å². The zero-order chi connectivity index (χ0) is 10.8. The number of unbranched alkanes of at least 4 members (excludes halogenated alkanes) is 1. The maximum atomic E-state index is 11.8. The third-order valence-corrected chi connectivity index (χ3v) is 2.98. The minimum absolute atomic E-state index is 0.0813. The molecule has 3 heteroatoms. The van der Waals surface area contributed by atoms with Crippen LogP contribution in [0.4, 0.5) is 0 Å². The van der Waals surface area contributed by atoms with E-state index in [1.807, 2.05) is 6.92 Å². The molecule has 0 radical (unpaired) electrons. The fourth-order valence-corrected chi connectivity index (χ4v) is 1.83. The molecule has 3 nitrogen and oxygen atoms in total. The molecule has 0 amide bonds. The Morgan fingerprint density at radius 3 is 2.73 bits per heavy atom. The van der Waals surface area contributed by atoms with Gasteiger partial charge in [-0.25, -0.2) is 4.98 Å². The van der Waals surface area contributed by atoms with Gasteiger partial charge in [0, 0.05) is 17.2 Å². The van der Waals surface area contributed by atoms with Crippen molar-refractivity contribution < 1.29 is 0 Å². The molecule has 0 bridgehead atoms. The fourth-order valence-electron chi connectivity index (χ4n) is 1.83. The number of nitrogens with zero attached hydrogens (tertiary/aromatic N) is 1. The zero-order valence-corrected chi connectivity index (χ0v) is 9.47. The van der Waals surface area contributed by atoms with Crippen LogP contribution in [0.25, 0.3) is 0 Å². The van der Waals surface area contributed by atoms with Gasteiger partial charge in [-0.3, -0.25) is 4.79 Å². The maximum Gasteiger partial charge on any atom is 0.254 e. The summed E-state index contributed by atoms with van der Waals surface area (Å²) in [5.41, 5.74) is 1.88. The molecule has 1 heterocycles. The van der Waals surface area contributed by atoms with Gasteiger partial charge in [0.1, 0.15) is 5.82 Å². The smallest absolute Gasteiger partial charge is 0.254 e. The summed E-state index contributed by atoms with van der Waals surface area (Å²) in [5, 5.41) is 0.